The first-order valence-corrected chi connectivity index (χ1v) is 59.2. The average Bonchev–Trinajstić information content (AvgIpc) is 1.60. The molecule has 10 atom stereocenters. The molecule has 0 bridgehead atoms. The molecule has 1 unspecified atom stereocenters. The Morgan fingerprint density at radius 3 is 0.774 bits per heavy atom. The Morgan fingerprint density at radius 2 is 0.534 bits per heavy atom. The third-order valence-electron chi connectivity index (χ3n) is 26.6. The molecule has 6 N–H and O–H groups in total. The maximum absolute atomic E-state index is 13.2. The van der Waals surface area contributed by atoms with Crippen molar-refractivity contribution >= 4 is 146 Å². The van der Waals surface area contributed by atoms with E-state index in [0.29, 0.717) is 168 Å². The number of imidazole rings is 2. The summed E-state index contributed by atoms with van der Waals surface area (Å²) in [6.07, 6.45) is 14.3. The van der Waals surface area contributed by atoms with E-state index in [1.54, 1.807) is 49.5 Å². The van der Waals surface area contributed by atoms with E-state index in [-0.39, 0.29) is 56.5 Å². The van der Waals surface area contributed by atoms with Crippen molar-refractivity contribution in [2.75, 3.05) is 198 Å². The van der Waals surface area contributed by atoms with Crippen LogP contribution in [0, 0.1) is 34.6 Å². The van der Waals surface area contributed by atoms with Gasteiger partial charge in [0.1, 0.15) is 58.2 Å². The van der Waals surface area contributed by atoms with Gasteiger partial charge in [-0.2, -0.15) is 41.7 Å². The van der Waals surface area contributed by atoms with Crippen LogP contribution in [0.4, 0.5) is 75.6 Å². The maximum atomic E-state index is 13.2. The molecule has 7 aliphatic heterocycles. The summed E-state index contributed by atoms with van der Waals surface area (Å²) in [4.78, 5) is 80.2. The lowest BCUT2D eigenvalue weighted by molar-refractivity contribution is 0.0430. The minimum absolute atomic E-state index is 0.0764. The zero-order valence-corrected chi connectivity index (χ0v) is 89.3. The van der Waals surface area contributed by atoms with Crippen LogP contribution >= 0.6 is 0 Å². The number of nitrogens with zero attached hydrogens (tertiary/aromatic N) is 27. The predicted octanol–water partition coefficient (Wildman–Crippen LogP) is 12.6. The van der Waals surface area contributed by atoms with Crippen molar-refractivity contribution in [3.05, 3.63) is 144 Å². The number of nitrogen functional groups attached to an aromatic ring is 3. The summed E-state index contributed by atoms with van der Waals surface area (Å²) in [5, 5.41) is 0.335. The van der Waals surface area contributed by atoms with Crippen LogP contribution in [0.2, 0.25) is 0 Å². The van der Waals surface area contributed by atoms with E-state index in [0.717, 1.165) is 168 Å². The van der Waals surface area contributed by atoms with Crippen LogP contribution in [0.3, 0.4) is 0 Å². The third kappa shape index (κ3) is 25.0. The third-order valence-corrected chi connectivity index (χ3v) is 37.5. The number of fused-ring (bicyclic) bond motifs is 2. The van der Waals surface area contributed by atoms with Crippen molar-refractivity contribution in [1.82, 2.24) is 83.9 Å². The number of aromatic nitrogens is 17. The molecule has 42 nitrogen and oxygen atoms in total. The first-order valence-electron chi connectivity index (χ1n) is 49.3. The number of ether oxygens (including phenoxy) is 7. The second-order valence-corrected chi connectivity index (χ2v) is 51.8. The van der Waals surface area contributed by atoms with Gasteiger partial charge in [-0.3, -0.25) is 9.13 Å². The van der Waals surface area contributed by atoms with Gasteiger partial charge in [0, 0.05) is 144 Å². The largest absolute Gasteiger partial charge is 0.384 e. The van der Waals surface area contributed by atoms with E-state index in [4.69, 9.17) is 85.2 Å². The molecule has 3 saturated carbocycles. The number of rotatable bonds is 20. The summed E-state index contributed by atoms with van der Waals surface area (Å²) >= 11 is 0. The van der Waals surface area contributed by atoms with E-state index >= 15 is 0 Å². The highest BCUT2D eigenvalue weighted by Gasteiger charge is 2.37. The maximum Gasteiger partial charge on any atom is 0.239 e. The molecule has 778 valence electrons. The minimum atomic E-state index is -2.48. The monoisotopic (exact) mass is 2090 g/mol. The number of hydrogen-bond donors (Lipinski definition) is 3. The lowest BCUT2D eigenvalue weighted by Gasteiger charge is -2.34. The summed E-state index contributed by atoms with van der Waals surface area (Å²) in [6, 6.07) is 36.7. The molecule has 0 amide bonds. The first-order chi connectivity index (χ1) is 69.8. The molecule has 146 heavy (non-hydrogen) atoms. The lowest BCUT2D eigenvalue weighted by atomic mass is 10.2. The number of morpholine rings is 5. The van der Waals surface area contributed by atoms with Gasteiger partial charge in [-0.15, -0.1) is 0 Å². The number of hydrogen-bond acceptors (Lipinski definition) is 40. The van der Waals surface area contributed by atoms with Crippen molar-refractivity contribution in [3.63, 3.8) is 0 Å². The smallest absolute Gasteiger partial charge is 0.239 e. The average molecular weight is 2090 g/mol. The summed E-state index contributed by atoms with van der Waals surface area (Å²) in [5.74, 6) is 11.3. The molecule has 47 heteroatoms. The zero-order chi connectivity index (χ0) is 103. The number of anilines is 8. The van der Waals surface area contributed by atoms with Crippen LogP contribution in [0.25, 0.3) is 68.1 Å². The second-order valence-electron chi connectivity index (χ2n) is 39.0. The standard InChI is InChI=1S/2C21H26N6O3S.3C19H26N6O2S/c2*1-14-11-29-9-8-26(14)20-10-19(25-31(3,28)16-12-30-13-16)23-21(24-20)27-15(2)22-17-6-4-5-7-18(17)27;3*1-12-8-14(9-16(20)21-12)19-22-17(24-28(3,26)15-4-5-15)10-18(23-19)25-6-7-27-11-13(25)2/h2*4-7,10,14,16H,8-9,11-13H2,1-3H3;3*8-10,13,15H,4-7,11H2,1-3H3,(H2,20,21)/t14-,31+;14-,31-;13-,28?;13-,28+;13-,28-/m11111/s1. The molecule has 0 radical (unpaired) electrons. The van der Waals surface area contributed by atoms with Gasteiger partial charge in [0.2, 0.25) is 11.9 Å². The minimum Gasteiger partial charge on any atom is -0.384 e. The Kier molecular flexibility index (Phi) is 31.3. The highest BCUT2D eigenvalue weighted by atomic mass is 32.2. The number of aryl methyl sites for hydroxylation is 5. The topological polar surface area (TPSA) is 509 Å². The van der Waals surface area contributed by atoms with Gasteiger partial charge in [0.25, 0.3) is 0 Å². The highest BCUT2D eigenvalue weighted by Crippen LogP contribution is 2.40. The Labute approximate surface area is 853 Å². The van der Waals surface area contributed by atoms with Gasteiger partial charge in [-0.1, -0.05) is 24.3 Å². The summed E-state index contributed by atoms with van der Waals surface area (Å²) < 4.78 is 130. The summed E-state index contributed by atoms with van der Waals surface area (Å²) in [5.41, 5.74) is 26.1. The van der Waals surface area contributed by atoms with Gasteiger partial charge >= 0.3 is 0 Å². The van der Waals surface area contributed by atoms with E-state index < -0.39 is 48.6 Å². The summed E-state index contributed by atoms with van der Waals surface area (Å²) in [7, 11) is -11.9. The molecule has 10 fully saturated rings. The molecule has 12 aromatic rings. The molecular weight excluding hydrogens is 1960 g/mol. The van der Waals surface area contributed by atoms with Crippen LogP contribution in [0.5, 0.6) is 0 Å². The van der Waals surface area contributed by atoms with Gasteiger partial charge in [0.15, 0.2) is 46.6 Å². The van der Waals surface area contributed by atoms with Crippen molar-refractivity contribution < 1.29 is 54.2 Å². The van der Waals surface area contributed by atoms with Crippen LogP contribution in [0.15, 0.2) is 137 Å². The molecule has 3 aliphatic carbocycles. The Bertz CT molecular complexity index is 6920. The number of pyridine rings is 3. The number of benzene rings is 2. The van der Waals surface area contributed by atoms with Crippen molar-refractivity contribution in [3.8, 4) is 46.1 Å². The Morgan fingerprint density at radius 1 is 0.288 bits per heavy atom. The molecule has 10 aromatic heterocycles. The van der Waals surface area contributed by atoms with Crippen LogP contribution in [-0.2, 0) is 81.8 Å². The van der Waals surface area contributed by atoms with Crippen LogP contribution < -0.4 is 41.7 Å². The van der Waals surface area contributed by atoms with Crippen molar-refractivity contribution in [1.29, 1.82) is 0 Å². The normalized spacial score (nSPS) is 21.8. The molecule has 10 aliphatic rings. The Hall–Kier alpha value is -11.9. The predicted molar refractivity (Wildman–Crippen MR) is 573 cm³/mol. The molecule has 2 aromatic carbocycles. The van der Waals surface area contributed by atoms with Gasteiger partial charge in [-0.05, 0) is 168 Å². The van der Waals surface area contributed by atoms with Crippen LogP contribution in [-0.4, -0.2) is 318 Å². The lowest BCUT2D eigenvalue weighted by Crippen LogP contribution is -2.44. The first kappa shape index (κ1) is 104. The van der Waals surface area contributed by atoms with E-state index in [1.807, 2.05) is 141 Å². The SMILES string of the molecule is Cc1cc(-c2nc(N=S(C)(=O)C3CC3)cc(N3CCOC[C@H]3C)n2)cc(N)n1.Cc1cc(-c2nc(N=[S@@](C)(=O)C3CC3)cc(N3CCOC[C@H]3C)n2)cc(N)n1.Cc1cc(-c2nc(N=[S@](C)(=O)C3CC3)cc(N3CCOC[C@H]3C)n2)cc(N)n1.Cc1nc2ccccc2n1-c1nc(N=[S@@](C)(=O)C2COC2)cc(N2CCOC[C@H]2C)n1.Cc1nc2ccccc2n1-c1nc(N=[S@](C)(=O)C2COC2)cc(N2CCOC[C@H]2C)n1. The van der Waals surface area contributed by atoms with Gasteiger partial charge in [0.05, 0.1) is 204 Å². The zero-order valence-electron chi connectivity index (χ0n) is 85.2. The molecule has 22 rings (SSSR count). The van der Waals surface area contributed by atoms with Crippen molar-refractivity contribution in [2.24, 2.45) is 21.8 Å². The number of para-hydroxylation sites is 4. The van der Waals surface area contributed by atoms with Crippen LogP contribution in [0.1, 0.15) is 102 Å². The highest BCUT2D eigenvalue weighted by molar-refractivity contribution is 7.95. The second kappa shape index (κ2) is 43.9. The number of nitrogens with two attached hydrogens (primary N) is 3. The molecule has 17 heterocycles. The molecule has 7 saturated heterocycles. The quantitative estimate of drug-likeness (QED) is 0.0638. The molecule has 0 spiro atoms. The van der Waals surface area contributed by atoms with Crippen molar-refractivity contribution in [2.45, 2.75) is 164 Å². The van der Waals surface area contributed by atoms with Gasteiger partial charge in [-0.25, -0.2) is 75.9 Å². The fourth-order valence-corrected chi connectivity index (χ4v) is 25.5. The fourth-order valence-electron chi connectivity index (χ4n) is 18.0. The van der Waals surface area contributed by atoms with E-state index in [2.05, 4.69) is 121 Å². The van der Waals surface area contributed by atoms with Gasteiger partial charge < -0.3 is 74.9 Å². The fraction of sp³-hybridized carbons (Fsp3) is 0.505. The molecular formula is C99H130N30O12S5. The Balaban J connectivity index is 0.000000120. The summed E-state index contributed by atoms with van der Waals surface area (Å²) in [6.45, 7) is 31.9. The van der Waals surface area contributed by atoms with E-state index in [1.165, 1.54) is 0 Å². The van der Waals surface area contributed by atoms with E-state index in [9.17, 15) is 21.0 Å².